The Bertz CT molecular complexity index is 807. The second kappa shape index (κ2) is 7.89. The summed E-state index contributed by atoms with van der Waals surface area (Å²) in [4.78, 5) is 26.9. The molecule has 2 aromatic rings. The Morgan fingerprint density at radius 3 is 2.69 bits per heavy atom. The van der Waals surface area contributed by atoms with Gasteiger partial charge in [-0.2, -0.15) is 5.10 Å². The fourth-order valence-corrected chi connectivity index (χ4v) is 3.73. The number of benzene rings is 1. The molecule has 1 aromatic carbocycles. The van der Waals surface area contributed by atoms with E-state index >= 15 is 0 Å². The van der Waals surface area contributed by atoms with Gasteiger partial charge in [0.05, 0.1) is 0 Å². The highest BCUT2D eigenvalue weighted by Gasteiger charge is 2.29. The van der Waals surface area contributed by atoms with Gasteiger partial charge in [-0.15, -0.1) is 0 Å². The highest BCUT2D eigenvalue weighted by atomic mass is 16.2. The van der Waals surface area contributed by atoms with Crippen molar-refractivity contribution in [3.8, 4) is 0 Å². The standard InChI is InChI=1S/C20H28N4O2/c1-15(2)24-19(21-22(3)20(24)26)17-10-7-13-23(14-17)18(25)12-11-16-8-5-4-6-9-16/h4-6,8-9,15,17H,7,10-14H2,1-3H3. The number of carbonyl (C=O) groups is 1. The second-order valence-electron chi connectivity index (χ2n) is 7.39. The molecular formula is C20H28N4O2. The Morgan fingerprint density at radius 2 is 2.00 bits per heavy atom. The molecule has 140 valence electrons. The average Bonchev–Trinajstić information content (AvgIpc) is 2.96. The van der Waals surface area contributed by atoms with Crippen LogP contribution in [0.15, 0.2) is 35.1 Å². The summed E-state index contributed by atoms with van der Waals surface area (Å²) in [5.41, 5.74) is 1.11. The molecule has 3 rings (SSSR count). The number of piperidine rings is 1. The van der Waals surface area contributed by atoms with Gasteiger partial charge in [0, 0.05) is 38.5 Å². The lowest BCUT2D eigenvalue weighted by atomic mass is 9.96. The summed E-state index contributed by atoms with van der Waals surface area (Å²) in [6.07, 6.45) is 3.20. The predicted octanol–water partition coefficient (Wildman–Crippen LogP) is 2.50. The van der Waals surface area contributed by atoms with E-state index in [2.05, 4.69) is 17.2 Å². The van der Waals surface area contributed by atoms with Gasteiger partial charge < -0.3 is 4.90 Å². The van der Waals surface area contributed by atoms with E-state index in [1.807, 2.05) is 36.9 Å². The zero-order chi connectivity index (χ0) is 18.7. The molecule has 1 amide bonds. The molecule has 0 saturated carbocycles. The van der Waals surface area contributed by atoms with Crippen LogP contribution >= 0.6 is 0 Å². The van der Waals surface area contributed by atoms with Crippen LogP contribution in [0.2, 0.25) is 0 Å². The number of likely N-dealkylation sites (tertiary alicyclic amines) is 1. The molecule has 2 heterocycles. The largest absolute Gasteiger partial charge is 0.345 e. The molecule has 1 fully saturated rings. The second-order valence-corrected chi connectivity index (χ2v) is 7.39. The summed E-state index contributed by atoms with van der Waals surface area (Å²) in [5, 5.41) is 4.47. The van der Waals surface area contributed by atoms with E-state index < -0.39 is 0 Å². The van der Waals surface area contributed by atoms with E-state index in [9.17, 15) is 9.59 Å². The van der Waals surface area contributed by atoms with Gasteiger partial charge in [0.15, 0.2) is 0 Å². The summed E-state index contributed by atoms with van der Waals surface area (Å²) < 4.78 is 3.17. The molecular weight excluding hydrogens is 328 g/mol. The van der Waals surface area contributed by atoms with Crippen LogP contribution in [-0.4, -0.2) is 38.2 Å². The van der Waals surface area contributed by atoms with Crippen LogP contribution in [0.25, 0.3) is 0 Å². The van der Waals surface area contributed by atoms with E-state index in [0.29, 0.717) is 13.0 Å². The highest BCUT2D eigenvalue weighted by molar-refractivity contribution is 5.76. The number of hydrogen-bond donors (Lipinski definition) is 0. The minimum atomic E-state index is -0.0810. The number of aryl methyl sites for hydroxylation is 2. The van der Waals surface area contributed by atoms with Crippen LogP contribution in [0.5, 0.6) is 0 Å². The van der Waals surface area contributed by atoms with Crippen molar-refractivity contribution < 1.29 is 4.79 Å². The first kappa shape index (κ1) is 18.4. The summed E-state index contributed by atoms with van der Waals surface area (Å²) in [6.45, 7) is 5.44. The van der Waals surface area contributed by atoms with Gasteiger partial charge in [-0.25, -0.2) is 9.48 Å². The molecule has 6 nitrogen and oxygen atoms in total. The van der Waals surface area contributed by atoms with Gasteiger partial charge in [0.25, 0.3) is 0 Å². The maximum atomic E-state index is 12.7. The fourth-order valence-electron chi connectivity index (χ4n) is 3.73. The minimum Gasteiger partial charge on any atom is -0.342 e. The van der Waals surface area contributed by atoms with Gasteiger partial charge in [-0.05, 0) is 38.7 Å². The first-order chi connectivity index (χ1) is 12.5. The molecule has 1 aliphatic heterocycles. The lowest BCUT2D eigenvalue weighted by Crippen LogP contribution is -2.40. The Balaban J connectivity index is 1.69. The number of aromatic nitrogens is 3. The summed E-state index contributed by atoms with van der Waals surface area (Å²) in [5.74, 6) is 1.13. The summed E-state index contributed by atoms with van der Waals surface area (Å²) in [7, 11) is 1.69. The van der Waals surface area contributed by atoms with Crippen molar-refractivity contribution in [2.24, 2.45) is 7.05 Å². The van der Waals surface area contributed by atoms with Gasteiger partial charge in [-0.3, -0.25) is 9.36 Å². The normalized spacial score (nSPS) is 17.7. The molecule has 0 radical (unpaired) electrons. The van der Waals surface area contributed by atoms with Crippen LogP contribution in [-0.2, 0) is 18.3 Å². The first-order valence-corrected chi connectivity index (χ1v) is 9.44. The monoisotopic (exact) mass is 356 g/mol. The van der Waals surface area contributed by atoms with Gasteiger partial charge in [0.2, 0.25) is 5.91 Å². The van der Waals surface area contributed by atoms with Crippen LogP contribution in [0.4, 0.5) is 0 Å². The van der Waals surface area contributed by atoms with Gasteiger partial charge in [0.1, 0.15) is 5.82 Å². The molecule has 1 aliphatic rings. The average molecular weight is 356 g/mol. The summed E-state index contributed by atoms with van der Waals surface area (Å²) >= 11 is 0. The molecule has 26 heavy (non-hydrogen) atoms. The highest BCUT2D eigenvalue weighted by Crippen LogP contribution is 2.27. The first-order valence-electron chi connectivity index (χ1n) is 9.44. The number of carbonyl (C=O) groups excluding carboxylic acids is 1. The maximum Gasteiger partial charge on any atom is 0.345 e. The molecule has 0 N–H and O–H groups in total. The van der Waals surface area contributed by atoms with Crippen molar-refractivity contribution in [2.45, 2.75) is 51.5 Å². The summed E-state index contributed by atoms with van der Waals surface area (Å²) in [6, 6.07) is 10.2. The quantitative estimate of drug-likeness (QED) is 0.827. The number of hydrogen-bond acceptors (Lipinski definition) is 3. The van der Waals surface area contributed by atoms with E-state index in [0.717, 1.165) is 31.6 Å². The fraction of sp³-hybridized carbons (Fsp3) is 0.550. The smallest absolute Gasteiger partial charge is 0.342 e. The number of amides is 1. The van der Waals surface area contributed by atoms with Crippen molar-refractivity contribution in [2.75, 3.05) is 13.1 Å². The number of rotatable bonds is 5. The molecule has 0 bridgehead atoms. The third-order valence-electron chi connectivity index (χ3n) is 5.11. The van der Waals surface area contributed by atoms with E-state index in [1.165, 1.54) is 10.2 Å². The molecule has 6 heteroatoms. The third-order valence-corrected chi connectivity index (χ3v) is 5.11. The lowest BCUT2D eigenvalue weighted by molar-refractivity contribution is -0.132. The number of nitrogens with zero attached hydrogens (tertiary/aromatic N) is 4. The molecule has 1 atom stereocenters. The van der Waals surface area contributed by atoms with Gasteiger partial charge >= 0.3 is 5.69 Å². The SMILES string of the molecule is CC(C)n1c(C2CCCN(C(=O)CCc3ccccc3)C2)nn(C)c1=O. The minimum absolute atomic E-state index is 0.0651. The van der Waals surface area contributed by atoms with Crippen LogP contribution in [0.1, 0.15) is 56.5 Å². The van der Waals surface area contributed by atoms with Crippen molar-refractivity contribution in [3.05, 3.63) is 52.2 Å². The van der Waals surface area contributed by atoms with E-state index in [4.69, 9.17) is 0 Å². The van der Waals surface area contributed by atoms with Crippen LogP contribution in [0.3, 0.4) is 0 Å². The van der Waals surface area contributed by atoms with Crippen molar-refractivity contribution >= 4 is 5.91 Å². The van der Waals surface area contributed by atoms with E-state index in [-0.39, 0.29) is 23.6 Å². The van der Waals surface area contributed by atoms with E-state index in [1.54, 1.807) is 11.6 Å². The van der Waals surface area contributed by atoms with Crippen LogP contribution < -0.4 is 5.69 Å². The molecule has 1 aromatic heterocycles. The zero-order valence-corrected chi connectivity index (χ0v) is 15.9. The molecule has 0 spiro atoms. The van der Waals surface area contributed by atoms with Crippen molar-refractivity contribution in [1.29, 1.82) is 0 Å². The Hall–Kier alpha value is -2.37. The van der Waals surface area contributed by atoms with Crippen LogP contribution in [0, 0.1) is 0 Å². The topological polar surface area (TPSA) is 60.1 Å². The molecule has 1 saturated heterocycles. The van der Waals surface area contributed by atoms with Crippen molar-refractivity contribution in [1.82, 2.24) is 19.2 Å². The maximum absolute atomic E-state index is 12.7. The zero-order valence-electron chi connectivity index (χ0n) is 15.9. The predicted molar refractivity (Wildman–Crippen MR) is 101 cm³/mol. The van der Waals surface area contributed by atoms with Gasteiger partial charge in [-0.1, -0.05) is 30.3 Å². The van der Waals surface area contributed by atoms with Crippen molar-refractivity contribution in [3.63, 3.8) is 0 Å². The third kappa shape index (κ3) is 3.89. The Labute approximate surface area is 154 Å². The molecule has 0 aliphatic carbocycles. The Kier molecular flexibility index (Phi) is 5.59. The lowest BCUT2D eigenvalue weighted by Gasteiger charge is -2.32. The Morgan fingerprint density at radius 1 is 1.27 bits per heavy atom. The molecule has 1 unspecified atom stereocenters.